The Morgan fingerprint density at radius 2 is 1.70 bits per heavy atom. The molecular weight excluding hydrogens is 736 g/mol. The van der Waals surface area contributed by atoms with E-state index in [2.05, 4.69) is 32.2 Å². The number of fused-ring (bicyclic) bond motifs is 2. The van der Waals surface area contributed by atoms with Crippen molar-refractivity contribution in [1.82, 2.24) is 25.2 Å². The van der Waals surface area contributed by atoms with Crippen LogP contribution in [0.2, 0.25) is 5.02 Å². The zero-order valence-corrected chi connectivity index (χ0v) is 31.8. The molecule has 0 unspecified atom stereocenters. The van der Waals surface area contributed by atoms with Gasteiger partial charge in [0.25, 0.3) is 15.9 Å². The number of amides is 4. The highest BCUT2D eigenvalue weighted by Gasteiger charge is 2.61. The topological polar surface area (TPSA) is 185 Å². The Labute approximate surface area is 321 Å². The predicted octanol–water partition coefficient (Wildman–Crippen LogP) is 4.84. The molecule has 4 amide bonds. The zero-order chi connectivity index (χ0) is 38.3. The number of benzene rings is 1. The molecule has 4 aliphatic rings. The monoisotopic (exact) mass is 784 g/mol. The summed E-state index contributed by atoms with van der Waals surface area (Å²) in [6.07, 6.45) is 10.2. The molecule has 2 aromatic rings. The number of pyridine rings is 1. The molecule has 3 heterocycles. The number of halogens is 1. The van der Waals surface area contributed by atoms with E-state index in [0.29, 0.717) is 30.1 Å². The Balaban J connectivity index is 1.29. The van der Waals surface area contributed by atoms with Gasteiger partial charge in [0, 0.05) is 31.1 Å². The zero-order valence-electron chi connectivity index (χ0n) is 30.3. The maximum absolute atomic E-state index is 14.5. The molecule has 3 fully saturated rings. The summed E-state index contributed by atoms with van der Waals surface area (Å²) >= 11 is 6.02. The Morgan fingerprint density at radius 3 is 2.43 bits per heavy atom. The van der Waals surface area contributed by atoms with Gasteiger partial charge in [0.1, 0.15) is 34.7 Å². The third kappa shape index (κ3) is 9.46. The molecule has 2 saturated carbocycles. The minimum Gasteiger partial charge on any atom is -0.472 e. The van der Waals surface area contributed by atoms with E-state index >= 15 is 0 Å². The summed E-state index contributed by atoms with van der Waals surface area (Å²) in [4.78, 5) is 61.3. The molecule has 0 bridgehead atoms. The SMILES string of the molecule is C=C[C@@H]1C[C@@]12NC(=O)[C@@H]1C[C@@H](Oc3ccc(Cl)cn3)CN1C(=O)[C@@H](NC(=O)OC1CCCC1)CCCCCCCCNc1ccccc1S(=O)(=O)NC2=O. The molecule has 1 saturated heterocycles. The van der Waals surface area contributed by atoms with Gasteiger partial charge in [0.15, 0.2) is 0 Å². The van der Waals surface area contributed by atoms with Crippen LogP contribution < -0.4 is 25.4 Å². The molecule has 2 aliphatic heterocycles. The van der Waals surface area contributed by atoms with Crippen molar-refractivity contribution in [3.8, 4) is 5.88 Å². The highest BCUT2D eigenvalue weighted by Crippen LogP contribution is 2.45. The van der Waals surface area contributed by atoms with E-state index in [1.165, 1.54) is 23.2 Å². The van der Waals surface area contributed by atoms with Crippen molar-refractivity contribution in [3.05, 3.63) is 60.3 Å². The number of alkyl carbamates (subject to hydrolysis) is 1. The first-order valence-electron chi connectivity index (χ1n) is 18.9. The molecule has 54 heavy (non-hydrogen) atoms. The van der Waals surface area contributed by atoms with Crippen molar-refractivity contribution in [2.24, 2.45) is 5.92 Å². The van der Waals surface area contributed by atoms with Crippen LogP contribution in [0.15, 0.2) is 60.1 Å². The fourth-order valence-electron chi connectivity index (χ4n) is 7.62. The third-order valence-electron chi connectivity index (χ3n) is 10.7. The number of carbonyl (C=O) groups excluding carboxylic acids is 4. The largest absolute Gasteiger partial charge is 0.472 e. The van der Waals surface area contributed by atoms with Gasteiger partial charge >= 0.3 is 6.09 Å². The Kier molecular flexibility index (Phi) is 12.7. The predicted molar refractivity (Wildman–Crippen MR) is 201 cm³/mol. The Morgan fingerprint density at radius 1 is 0.981 bits per heavy atom. The van der Waals surface area contributed by atoms with E-state index in [-0.39, 0.29) is 36.3 Å². The van der Waals surface area contributed by atoms with E-state index in [0.717, 1.165) is 57.8 Å². The number of nitrogens with zero attached hydrogens (tertiary/aromatic N) is 2. The average Bonchev–Trinajstić information content (AvgIpc) is 3.41. The maximum atomic E-state index is 14.5. The van der Waals surface area contributed by atoms with Crippen LogP contribution in [-0.4, -0.2) is 85.0 Å². The standard InChI is InChI=1S/C38H49ClN6O8S/c1-2-25-22-38(25)36(48)44-54(50,51)32-17-11-10-15-29(32)40-20-12-6-4-3-5-7-16-30(42-37(49)53-27-13-8-9-14-27)35(47)45-24-28(21-31(45)34(46)43-38)52-33-19-18-26(39)23-41-33/h2,10-11,15,17-19,23,25,27-28,30-31,40H,1,3-9,12-14,16,20-22,24H2,(H,42,49)(H,43,46)(H,44,48)/t25-,28-,30+,31+,38-/m1/s1. The number of rotatable bonds is 5. The smallest absolute Gasteiger partial charge is 0.408 e. The maximum Gasteiger partial charge on any atom is 0.408 e. The molecule has 5 atom stereocenters. The van der Waals surface area contributed by atoms with Crippen molar-refractivity contribution >= 4 is 51.1 Å². The summed E-state index contributed by atoms with van der Waals surface area (Å²) in [5.41, 5.74) is -1.26. The Hall–Kier alpha value is -4.37. The van der Waals surface area contributed by atoms with Gasteiger partial charge in [-0.05, 0) is 63.1 Å². The van der Waals surface area contributed by atoms with Gasteiger partial charge < -0.3 is 30.3 Å². The van der Waals surface area contributed by atoms with Crippen molar-refractivity contribution in [1.29, 1.82) is 0 Å². The highest BCUT2D eigenvalue weighted by atomic mass is 35.5. The van der Waals surface area contributed by atoms with Crippen molar-refractivity contribution in [2.75, 3.05) is 18.4 Å². The second-order valence-corrected chi connectivity index (χ2v) is 16.7. The van der Waals surface area contributed by atoms with Crippen LogP contribution in [0.5, 0.6) is 5.88 Å². The molecule has 1 aromatic heterocycles. The molecule has 0 radical (unpaired) electrons. The van der Waals surface area contributed by atoms with Gasteiger partial charge in [0.05, 0.1) is 17.3 Å². The van der Waals surface area contributed by atoms with Crippen molar-refractivity contribution < 1.29 is 37.1 Å². The molecule has 4 N–H and O–H groups in total. The molecule has 2 aliphatic carbocycles. The van der Waals surface area contributed by atoms with E-state index in [9.17, 15) is 27.6 Å². The first-order chi connectivity index (χ1) is 26.0. The molecule has 16 heteroatoms. The summed E-state index contributed by atoms with van der Waals surface area (Å²) in [5, 5.41) is 9.21. The lowest BCUT2D eigenvalue weighted by molar-refractivity contribution is -0.141. The third-order valence-corrected chi connectivity index (χ3v) is 12.3. The lowest BCUT2D eigenvalue weighted by Gasteiger charge is -2.30. The van der Waals surface area contributed by atoms with Crippen LogP contribution in [0.3, 0.4) is 0 Å². The van der Waals surface area contributed by atoms with Gasteiger partial charge in [-0.25, -0.2) is 22.9 Å². The number of ether oxygens (including phenoxy) is 2. The van der Waals surface area contributed by atoms with Gasteiger partial charge in [-0.15, -0.1) is 6.58 Å². The fraction of sp³-hybridized carbons (Fsp3) is 0.553. The highest BCUT2D eigenvalue weighted by molar-refractivity contribution is 7.90. The normalized spacial score (nSPS) is 28.3. The molecule has 6 rings (SSSR count). The van der Waals surface area contributed by atoms with Crippen LogP contribution in [-0.2, 0) is 29.1 Å². The van der Waals surface area contributed by atoms with Gasteiger partial charge in [-0.1, -0.05) is 61.9 Å². The summed E-state index contributed by atoms with van der Waals surface area (Å²) in [7, 11) is -4.37. The number of anilines is 1. The van der Waals surface area contributed by atoms with Crippen LogP contribution in [0.25, 0.3) is 0 Å². The average molecular weight is 785 g/mol. The van der Waals surface area contributed by atoms with E-state index in [1.54, 1.807) is 30.3 Å². The number of hydrogen-bond donors (Lipinski definition) is 4. The quantitative estimate of drug-likeness (QED) is 0.306. The number of aromatic nitrogens is 1. The lowest BCUT2D eigenvalue weighted by Crippen LogP contribution is -2.58. The fourth-order valence-corrected chi connectivity index (χ4v) is 8.96. The van der Waals surface area contributed by atoms with Crippen molar-refractivity contribution in [2.45, 2.75) is 118 Å². The molecule has 14 nitrogen and oxygen atoms in total. The van der Waals surface area contributed by atoms with Crippen LogP contribution in [0.1, 0.15) is 83.5 Å². The van der Waals surface area contributed by atoms with Crippen LogP contribution in [0.4, 0.5) is 10.5 Å². The van der Waals surface area contributed by atoms with Gasteiger partial charge in [-0.2, -0.15) is 0 Å². The summed E-state index contributed by atoms with van der Waals surface area (Å²) in [6.45, 7) is 4.31. The van der Waals surface area contributed by atoms with E-state index < -0.39 is 63.5 Å². The Bertz CT molecular complexity index is 1810. The summed E-state index contributed by atoms with van der Waals surface area (Å²) in [6, 6.07) is 7.43. The molecular formula is C38H49ClN6O8S. The van der Waals surface area contributed by atoms with Gasteiger partial charge in [-0.3, -0.25) is 14.4 Å². The first kappa shape index (κ1) is 39.3. The van der Waals surface area contributed by atoms with Crippen molar-refractivity contribution in [3.63, 3.8) is 0 Å². The summed E-state index contributed by atoms with van der Waals surface area (Å²) < 4.78 is 41.3. The molecule has 1 spiro atoms. The second-order valence-electron chi connectivity index (χ2n) is 14.6. The molecule has 292 valence electrons. The van der Waals surface area contributed by atoms with Crippen LogP contribution in [0, 0.1) is 5.92 Å². The van der Waals surface area contributed by atoms with Crippen LogP contribution >= 0.6 is 11.6 Å². The second kappa shape index (κ2) is 17.4. The number of para-hydroxylation sites is 1. The summed E-state index contributed by atoms with van der Waals surface area (Å²) in [5.74, 6) is -2.40. The van der Waals surface area contributed by atoms with E-state index in [1.807, 2.05) is 0 Å². The first-order valence-corrected chi connectivity index (χ1v) is 20.8. The van der Waals surface area contributed by atoms with Gasteiger partial charge in [0.2, 0.25) is 17.7 Å². The minimum absolute atomic E-state index is 0.0146. The number of sulfonamides is 1. The number of nitrogens with one attached hydrogen (secondary N) is 4. The number of hydrogen-bond acceptors (Lipinski definition) is 10. The minimum atomic E-state index is -4.37. The number of carbonyl (C=O) groups is 4. The molecule has 1 aromatic carbocycles. The lowest BCUT2D eigenvalue weighted by atomic mass is 10.0. The van der Waals surface area contributed by atoms with E-state index in [4.69, 9.17) is 21.1 Å².